The van der Waals surface area contributed by atoms with E-state index < -0.39 is 6.04 Å². The molecule has 62 heavy (non-hydrogen) atoms. The Morgan fingerprint density at radius 1 is 0.661 bits per heavy atom. The lowest BCUT2D eigenvalue weighted by atomic mass is 10.00. The van der Waals surface area contributed by atoms with Crippen molar-refractivity contribution in [2.24, 2.45) is 10.7 Å². The quantitative estimate of drug-likeness (QED) is 0.0646. The van der Waals surface area contributed by atoms with Gasteiger partial charge in [-0.15, -0.1) is 10.2 Å². The Hall–Kier alpha value is -4.53. The number of hydrogen-bond donors (Lipinski definition) is 2. The summed E-state index contributed by atoms with van der Waals surface area (Å²) in [7, 11) is 1.62. The van der Waals surface area contributed by atoms with E-state index in [0.29, 0.717) is 158 Å². The summed E-state index contributed by atoms with van der Waals surface area (Å²) in [4.78, 5) is 18.6. The standard InChI is InChI=1S/C44H59ClN6O11/c1-33-49-50-44-40(48-43(34-3-5-35(45)6-4-34)39-31-38(53-2)11-12-41(39)51(33)44)32-42(52)47-36-7-9-37(10-8-36)62-30-29-61-28-27-60-26-25-59-24-23-58-22-21-57-20-19-56-18-17-55-16-15-54-14-13-46/h3-12,31,40H,13-30,32,46H2,1-2H3,(H,47,52). The highest BCUT2D eigenvalue weighted by Crippen LogP contribution is 2.34. The van der Waals surface area contributed by atoms with E-state index in [1.54, 1.807) is 31.4 Å². The van der Waals surface area contributed by atoms with Gasteiger partial charge in [0, 0.05) is 28.4 Å². The lowest BCUT2D eigenvalue weighted by Crippen LogP contribution is -2.17. The number of amides is 1. The van der Waals surface area contributed by atoms with Crippen LogP contribution in [0.5, 0.6) is 11.5 Å². The minimum absolute atomic E-state index is 0.0302. The second-order valence-electron chi connectivity index (χ2n) is 13.6. The molecule has 1 atom stereocenters. The molecule has 338 valence electrons. The lowest BCUT2D eigenvalue weighted by Gasteiger charge is -2.14. The van der Waals surface area contributed by atoms with Crippen molar-refractivity contribution in [3.05, 3.63) is 94.5 Å². The fourth-order valence-corrected chi connectivity index (χ4v) is 6.27. The summed E-state index contributed by atoms with van der Waals surface area (Å²) in [6.45, 7) is 10.5. The van der Waals surface area contributed by atoms with E-state index in [2.05, 4.69) is 15.5 Å². The third kappa shape index (κ3) is 16.6. The van der Waals surface area contributed by atoms with Crippen LogP contribution in [-0.4, -0.2) is 152 Å². The number of aryl methyl sites for hydroxylation is 1. The molecule has 0 saturated heterocycles. The Morgan fingerprint density at radius 2 is 1.16 bits per heavy atom. The number of nitrogens with one attached hydrogen (secondary N) is 1. The zero-order valence-electron chi connectivity index (χ0n) is 35.6. The molecule has 0 radical (unpaired) electrons. The summed E-state index contributed by atoms with van der Waals surface area (Å²) in [5.74, 6) is 2.34. The highest BCUT2D eigenvalue weighted by Gasteiger charge is 2.30. The zero-order valence-corrected chi connectivity index (χ0v) is 36.4. The number of hydrogen-bond acceptors (Lipinski definition) is 15. The van der Waals surface area contributed by atoms with Crippen LogP contribution in [0.15, 0.2) is 71.7 Å². The number of halogens is 1. The van der Waals surface area contributed by atoms with Gasteiger partial charge in [-0.2, -0.15) is 0 Å². The first kappa shape index (κ1) is 48.5. The summed E-state index contributed by atoms with van der Waals surface area (Å²) in [5, 5.41) is 12.4. The summed E-state index contributed by atoms with van der Waals surface area (Å²) >= 11 is 6.23. The molecular formula is C44H59ClN6O11. The molecule has 1 aliphatic heterocycles. The van der Waals surface area contributed by atoms with Gasteiger partial charge in [0.1, 0.15) is 30.0 Å². The Morgan fingerprint density at radius 3 is 1.68 bits per heavy atom. The van der Waals surface area contributed by atoms with Crippen LogP contribution in [0.2, 0.25) is 5.02 Å². The molecule has 1 aromatic heterocycles. The van der Waals surface area contributed by atoms with Gasteiger partial charge in [0.2, 0.25) is 5.91 Å². The number of carbonyl (C=O) groups is 1. The molecule has 18 heteroatoms. The molecule has 0 spiro atoms. The molecule has 3 N–H and O–H groups in total. The first-order valence-corrected chi connectivity index (χ1v) is 21.1. The predicted octanol–water partition coefficient (Wildman–Crippen LogP) is 4.63. The first-order valence-electron chi connectivity index (χ1n) is 20.8. The number of carbonyl (C=O) groups excluding carboxylic acids is 1. The van der Waals surface area contributed by atoms with Crippen LogP contribution in [-0.2, 0) is 42.7 Å². The summed E-state index contributed by atoms with van der Waals surface area (Å²) < 4.78 is 57.1. The molecule has 0 fully saturated rings. The first-order chi connectivity index (χ1) is 30.5. The Kier molecular flexibility index (Phi) is 22.1. The molecule has 17 nitrogen and oxygen atoms in total. The second kappa shape index (κ2) is 28.2. The van der Waals surface area contributed by atoms with Crippen molar-refractivity contribution in [1.82, 2.24) is 14.8 Å². The molecule has 1 aliphatic rings. The smallest absolute Gasteiger partial charge is 0.227 e. The Balaban J connectivity index is 0.901. The van der Waals surface area contributed by atoms with Crippen molar-refractivity contribution >= 4 is 28.9 Å². The van der Waals surface area contributed by atoms with Crippen LogP contribution in [0.3, 0.4) is 0 Å². The average Bonchev–Trinajstić information content (AvgIpc) is 3.61. The number of rotatable bonds is 32. The van der Waals surface area contributed by atoms with Crippen LogP contribution in [0.4, 0.5) is 5.69 Å². The summed E-state index contributed by atoms with van der Waals surface area (Å²) in [5.41, 5.74) is 9.17. The molecule has 1 amide bonds. The van der Waals surface area contributed by atoms with Crippen molar-refractivity contribution in [1.29, 1.82) is 0 Å². The molecule has 0 bridgehead atoms. The van der Waals surface area contributed by atoms with E-state index in [0.717, 1.165) is 16.8 Å². The fourth-order valence-electron chi connectivity index (χ4n) is 6.14. The maximum Gasteiger partial charge on any atom is 0.227 e. The SMILES string of the molecule is COc1ccc2c(c1)C(c1ccc(Cl)cc1)=NC(CC(=O)Nc1ccc(OCCOCCOCCOCCOCCOCCOCCOCCOCCN)cc1)c1nnc(C)n1-2. The van der Waals surface area contributed by atoms with E-state index in [1.807, 2.05) is 54.0 Å². The third-order valence-corrected chi connectivity index (χ3v) is 9.38. The van der Waals surface area contributed by atoms with Crippen LogP contribution in [0.25, 0.3) is 5.69 Å². The number of fused-ring (bicyclic) bond motifs is 3. The van der Waals surface area contributed by atoms with E-state index in [1.165, 1.54) is 0 Å². The maximum absolute atomic E-state index is 13.5. The molecule has 0 aliphatic carbocycles. The topological polar surface area (TPSA) is 190 Å². The number of aromatic nitrogens is 3. The molecular weight excluding hydrogens is 824 g/mol. The monoisotopic (exact) mass is 882 g/mol. The van der Waals surface area contributed by atoms with Gasteiger partial charge in [-0.25, -0.2) is 0 Å². The van der Waals surface area contributed by atoms with Crippen molar-refractivity contribution < 1.29 is 52.2 Å². The minimum atomic E-state index is -0.627. The van der Waals surface area contributed by atoms with Gasteiger partial charge in [-0.1, -0.05) is 23.7 Å². The van der Waals surface area contributed by atoms with Gasteiger partial charge in [-0.05, 0) is 61.5 Å². The van der Waals surface area contributed by atoms with E-state index >= 15 is 0 Å². The Bertz CT molecular complexity index is 1920. The van der Waals surface area contributed by atoms with Gasteiger partial charge in [0.25, 0.3) is 0 Å². The van der Waals surface area contributed by atoms with Gasteiger partial charge in [-0.3, -0.25) is 14.4 Å². The van der Waals surface area contributed by atoms with Crippen molar-refractivity contribution in [2.75, 3.05) is 131 Å². The zero-order chi connectivity index (χ0) is 43.6. The number of methoxy groups -OCH3 is 1. The van der Waals surface area contributed by atoms with E-state index in [4.69, 9.17) is 69.7 Å². The number of anilines is 1. The molecule has 2 heterocycles. The van der Waals surface area contributed by atoms with Crippen LogP contribution < -0.4 is 20.5 Å². The van der Waals surface area contributed by atoms with E-state index in [9.17, 15) is 4.79 Å². The number of nitrogens with zero attached hydrogens (tertiary/aromatic N) is 4. The third-order valence-electron chi connectivity index (χ3n) is 9.13. The van der Waals surface area contributed by atoms with Gasteiger partial charge in [0.15, 0.2) is 5.82 Å². The number of nitrogens with two attached hydrogens (primary N) is 1. The van der Waals surface area contributed by atoms with Gasteiger partial charge in [0.05, 0.1) is 131 Å². The number of aliphatic imine (C=N–C) groups is 1. The van der Waals surface area contributed by atoms with Crippen LogP contribution >= 0.6 is 11.6 Å². The molecule has 0 saturated carbocycles. The minimum Gasteiger partial charge on any atom is -0.497 e. The van der Waals surface area contributed by atoms with Gasteiger partial charge >= 0.3 is 0 Å². The largest absolute Gasteiger partial charge is 0.497 e. The predicted molar refractivity (Wildman–Crippen MR) is 233 cm³/mol. The molecule has 3 aromatic carbocycles. The van der Waals surface area contributed by atoms with Crippen molar-refractivity contribution in [2.45, 2.75) is 19.4 Å². The summed E-state index contributed by atoms with van der Waals surface area (Å²) in [6, 6.07) is 19.8. The lowest BCUT2D eigenvalue weighted by molar-refractivity contribution is -0.116. The normalized spacial score (nSPS) is 13.3. The van der Waals surface area contributed by atoms with Crippen molar-refractivity contribution in [3.63, 3.8) is 0 Å². The molecule has 4 aromatic rings. The summed E-state index contributed by atoms with van der Waals surface area (Å²) in [6.07, 6.45) is 0.0302. The van der Waals surface area contributed by atoms with Crippen molar-refractivity contribution in [3.8, 4) is 17.2 Å². The van der Waals surface area contributed by atoms with E-state index in [-0.39, 0.29) is 12.3 Å². The van der Waals surface area contributed by atoms with Crippen LogP contribution in [0.1, 0.15) is 35.2 Å². The number of ether oxygens (including phenoxy) is 10. The van der Waals surface area contributed by atoms with Gasteiger partial charge < -0.3 is 58.4 Å². The molecule has 5 rings (SSSR count). The van der Waals surface area contributed by atoms with Crippen LogP contribution in [0, 0.1) is 6.92 Å². The average molecular weight is 883 g/mol. The Labute approximate surface area is 368 Å². The second-order valence-corrected chi connectivity index (χ2v) is 14.1. The highest BCUT2D eigenvalue weighted by atomic mass is 35.5. The maximum atomic E-state index is 13.5. The molecule has 1 unspecified atom stereocenters. The number of benzene rings is 3. The fraction of sp³-hybridized carbons (Fsp3) is 0.500. The highest BCUT2D eigenvalue weighted by molar-refractivity contribution is 6.30.